The molecule has 1 atom stereocenters. The van der Waals surface area contributed by atoms with Gasteiger partial charge in [0.25, 0.3) is 0 Å². The van der Waals surface area contributed by atoms with E-state index in [0.717, 1.165) is 17.7 Å². The molecular formula is C19H22N2O2. The average molecular weight is 310 g/mol. The second-order valence-corrected chi connectivity index (χ2v) is 5.93. The van der Waals surface area contributed by atoms with Gasteiger partial charge < -0.3 is 15.4 Å². The van der Waals surface area contributed by atoms with E-state index in [-0.39, 0.29) is 12.1 Å². The number of aryl methyl sites for hydroxylation is 2. The fourth-order valence-electron chi connectivity index (χ4n) is 3.01. The lowest BCUT2D eigenvalue weighted by Gasteiger charge is -2.16. The summed E-state index contributed by atoms with van der Waals surface area (Å²) in [5.41, 5.74) is 4.72. The summed E-state index contributed by atoms with van der Waals surface area (Å²) in [5.74, 6) is 0.717. The molecule has 0 saturated heterocycles. The van der Waals surface area contributed by atoms with Gasteiger partial charge in [-0.3, -0.25) is 0 Å². The second kappa shape index (κ2) is 6.73. The summed E-state index contributed by atoms with van der Waals surface area (Å²) in [6.07, 6.45) is 3.55. The lowest BCUT2D eigenvalue weighted by Crippen LogP contribution is -2.31. The van der Waals surface area contributed by atoms with Crippen molar-refractivity contribution in [1.82, 2.24) is 5.32 Å². The Balaban J connectivity index is 1.62. The number of methoxy groups -OCH3 is 1. The highest BCUT2D eigenvalue weighted by molar-refractivity contribution is 5.89. The first kappa shape index (κ1) is 15.4. The normalized spacial score (nSPS) is 14.0. The van der Waals surface area contributed by atoms with Gasteiger partial charge in [0.05, 0.1) is 13.2 Å². The molecule has 0 radical (unpaired) electrons. The topological polar surface area (TPSA) is 50.4 Å². The number of ether oxygens (including phenoxy) is 1. The maximum Gasteiger partial charge on any atom is 0.319 e. The van der Waals surface area contributed by atoms with Crippen molar-refractivity contribution in [2.75, 3.05) is 12.4 Å². The van der Waals surface area contributed by atoms with Crippen LogP contribution in [0.15, 0.2) is 42.5 Å². The van der Waals surface area contributed by atoms with Crippen LogP contribution in [-0.2, 0) is 12.8 Å². The molecule has 1 aliphatic rings. The van der Waals surface area contributed by atoms with Crippen molar-refractivity contribution in [3.05, 3.63) is 59.2 Å². The molecule has 1 aliphatic carbocycles. The molecule has 2 N–H and O–H groups in total. The summed E-state index contributed by atoms with van der Waals surface area (Å²) in [7, 11) is 1.61. The number of hydrogen-bond donors (Lipinski definition) is 2. The van der Waals surface area contributed by atoms with Crippen LogP contribution in [0.3, 0.4) is 0 Å². The number of urea groups is 1. The first-order valence-electron chi connectivity index (χ1n) is 7.99. The summed E-state index contributed by atoms with van der Waals surface area (Å²) >= 11 is 0. The van der Waals surface area contributed by atoms with Crippen LogP contribution in [0.4, 0.5) is 10.5 Å². The maximum atomic E-state index is 12.2. The van der Waals surface area contributed by atoms with Crippen molar-refractivity contribution in [3.63, 3.8) is 0 Å². The van der Waals surface area contributed by atoms with E-state index < -0.39 is 0 Å². The highest BCUT2D eigenvalue weighted by atomic mass is 16.5. The van der Waals surface area contributed by atoms with Gasteiger partial charge in [-0.15, -0.1) is 0 Å². The van der Waals surface area contributed by atoms with E-state index in [1.165, 1.54) is 24.0 Å². The van der Waals surface area contributed by atoms with E-state index in [0.29, 0.717) is 5.69 Å². The lowest BCUT2D eigenvalue weighted by molar-refractivity contribution is 0.249. The van der Waals surface area contributed by atoms with Gasteiger partial charge in [0.1, 0.15) is 5.75 Å². The Morgan fingerprint density at radius 1 is 1.13 bits per heavy atom. The van der Waals surface area contributed by atoms with Crippen LogP contribution < -0.4 is 15.4 Å². The Hall–Kier alpha value is -2.49. The fraction of sp³-hybridized carbons (Fsp3) is 0.316. The van der Waals surface area contributed by atoms with Gasteiger partial charge in [0, 0.05) is 11.8 Å². The molecule has 0 aliphatic heterocycles. The van der Waals surface area contributed by atoms with Crippen molar-refractivity contribution >= 4 is 11.7 Å². The summed E-state index contributed by atoms with van der Waals surface area (Å²) < 4.78 is 5.16. The van der Waals surface area contributed by atoms with E-state index in [1.807, 2.05) is 25.1 Å². The van der Waals surface area contributed by atoms with Crippen LogP contribution in [0.25, 0.3) is 0 Å². The van der Waals surface area contributed by atoms with E-state index in [1.54, 1.807) is 13.2 Å². The molecule has 0 aromatic heterocycles. The molecule has 3 rings (SSSR count). The molecule has 120 valence electrons. The molecule has 2 aromatic rings. The zero-order valence-corrected chi connectivity index (χ0v) is 13.6. The number of nitrogens with one attached hydrogen (secondary N) is 2. The van der Waals surface area contributed by atoms with Crippen LogP contribution in [0.1, 0.15) is 36.1 Å². The van der Waals surface area contributed by atoms with Gasteiger partial charge in [-0.2, -0.15) is 0 Å². The minimum Gasteiger partial charge on any atom is -0.497 e. The number of carbonyl (C=O) groups excluding carboxylic acids is 1. The Bertz CT molecular complexity index is 712. The molecule has 23 heavy (non-hydrogen) atoms. The molecule has 4 nitrogen and oxygen atoms in total. The predicted molar refractivity (Wildman–Crippen MR) is 92.0 cm³/mol. The Morgan fingerprint density at radius 2 is 1.96 bits per heavy atom. The number of hydrogen-bond acceptors (Lipinski definition) is 2. The van der Waals surface area contributed by atoms with Crippen LogP contribution in [-0.4, -0.2) is 13.1 Å². The summed E-state index contributed by atoms with van der Waals surface area (Å²) in [6.45, 7) is 2.00. The predicted octanol–water partition coefficient (Wildman–Crippen LogP) is 4.07. The summed E-state index contributed by atoms with van der Waals surface area (Å²) in [6, 6.07) is 13.6. The molecular weight excluding hydrogens is 288 g/mol. The SMILES string of the molecule is COc1cccc(NC(=O)N[C@@H](C)c2ccc3c(c2)CCC3)c1. The van der Waals surface area contributed by atoms with E-state index in [4.69, 9.17) is 4.74 Å². The summed E-state index contributed by atoms with van der Waals surface area (Å²) in [4.78, 5) is 12.2. The van der Waals surface area contributed by atoms with Crippen LogP contribution >= 0.6 is 0 Å². The molecule has 0 unspecified atom stereocenters. The number of benzene rings is 2. The smallest absolute Gasteiger partial charge is 0.319 e. The number of rotatable bonds is 4. The Kier molecular flexibility index (Phi) is 4.51. The standard InChI is InChI=1S/C19H22N2O2/c1-13(15-10-9-14-5-3-6-16(14)11-15)20-19(22)21-17-7-4-8-18(12-17)23-2/h4,7-13H,3,5-6H2,1-2H3,(H2,20,21,22)/t13-/m0/s1. The Morgan fingerprint density at radius 3 is 2.78 bits per heavy atom. The first-order chi connectivity index (χ1) is 11.2. The van der Waals surface area contributed by atoms with E-state index >= 15 is 0 Å². The van der Waals surface area contributed by atoms with Crippen molar-refractivity contribution in [2.45, 2.75) is 32.2 Å². The third kappa shape index (κ3) is 3.65. The molecule has 0 spiro atoms. The van der Waals surface area contributed by atoms with Crippen molar-refractivity contribution in [1.29, 1.82) is 0 Å². The molecule has 0 bridgehead atoms. The average Bonchev–Trinajstić information content (AvgIpc) is 3.02. The van der Waals surface area contributed by atoms with Crippen LogP contribution in [0, 0.1) is 0 Å². The van der Waals surface area contributed by atoms with Gasteiger partial charge in [0.2, 0.25) is 0 Å². The number of carbonyl (C=O) groups is 1. The number of fused-ring (bicyclic) bond motifs is 1. The first-order valence-corrected chi connectivity index (χ1v) is 7.99. The van der Waals surface area contributed by atoms with Gasteiger partial charge in [-0.25, -0.2) is 4.79 Å². The highest BCUT2D eigenvalue weighted by Crippen LogP contribution is 2.25. The van der Waals surface area contributed by atoms with Crippen molar-refractivity contribution < 1.29 is 9.53 Å². The number of amides is 2. The molecule has 0 heterocycles. The van der Waals surface area contributed by atoms with Gasteiger partial charge in [0.15, 0.2) is 0 Å². The third-order valence-corrected chi connectivity index (χ3v) is 4.30. The highest BCUT2D eigenvalue weighted by Gasteiger charge is 2.15. The maximum absolute atomic E-state index is 12.2. The molecule has 2 aromatic carbocycles. The monoisotopic (exact) mass is 310 g/mol. The lowest BCUT2D eigenvalue weighted by atomic mass is 10.0. The van der Waals surface area contributed by atoms with Gasteiger partial charge in [-0.05, 0) is 55.0 Å². The zero-order valence-electron chi connectivity index (χ0n) is 13.6. The van der Waals surface area contributed by atoms with E-state index in [2.05, 4.69) is 28.8 Å². The molecule has 2 amide bonds. The molecule has 4 heteroatoms. The number of anilines is 1. The van der Waals surface area contributed by atoms with Crippen molar-refractivity contribution in [2.24, 2.45) is 0 Å². The largest absolute Gasteiger partial charge is 0.497 e. The third-order valence-electron chi connectivity index (χ3n) is 4.30. The van der Waals surface area contributed by atoms with Gasteiger partial charge >= 0.3 is 6.03 Å². The quantitative estimate of drug-likeness (QED) is 0.894. The van der Waals surface area contributed by atoms with E-state index in [9.17, 15) is 4.79 Å². The zero-order chi connectivity index (χ0) is 16.2. The molecule has 0 fully saturated rings. The second-order valence-electron chi connectivity index (χ2n) is 5.93. The Labute approximate surface area is 136 Å². The summed E-state index contributed by atoms with van der Waals surface area (Å²) in [5, 5.41) is 5.82. The minimum atomic E-state index is -0.216. The van der Waals surface area contributed by atoms with Crippen LogP contribution in [0.2, 0.25) is 0 Å². The minimum absolute atomic E-state index is 0.0356. The van der Waals surface area contributed by atoms with Crippen molar-refractivity contribution in [3.8, 4) is 5.75 Å². The fourth-order valence-corrected chi connectivity index (χ4v) is 3.01. The molecule has 0 saturated carbocycles. The van der Waals surface area contributed by atoms with Crippen LogP contribution in [0.5, 0.6) is 5.75 Å². The van der Waals surface area contributed by atoms with Gasteiger partial charge in [-0.1, -0.05) is 24.3 Å².